The van der Waals surface area contributed by atoms with Gasteiger partial charge < -0.3 is 5.11 Å². The first-order valence-electron chi connectivity index (χ1n) is 6.72. The van der Waals surface area contributed by atoms with Crippen molar-refractivity contribution in [2.24, 2.45) is 5.92 Å². The van der Waals surface area contributed by atoms with Crippen LogP contribution < -0.4 is 0 Å². The summed E-state index contributed by atoms with van der Waals surface area (Å²) in [5.41, 5.74) is 1.33. The summed E-state index contributed by atoms with van der Waals surface area (Å²) in [6.45, 7) is 2.20. The van der Waals surface area contributed by atoms with Gasteiger partial charge in [0.25, 0.3) is 0 Å². The van der Waals surface area contributed by atoms with E-state index in [0.29, 0.717) is 10.5 Å². The molecule has 100 valence electrons. The Balaban J connectivity index is 1.78. The lowest BCUT2D eigenvalue weighted by Crippen LogP contribution is -2.28. The summed E-state index contributed by atoms with van der Waals surface area (Å²) >= 11 is 4.05. The standard InChI is InChI=1S/C15H22OS2/c1-12(15-17-10-5-11-18-15)14(16)9-8-13-6-3-2-4-7-13/h2-4,6-7,12,14-16H,5,8-11H2,1H3. The van der Waals surface area contributed by atoms with E-state index in [9.17, 15) is 5.11 Å². The van der Waals surface area contributed by atoms with Gasteiger partial charge in [-0.05, 0) is 36.3 Å². The van der Waals surface area contributed by atoms with Gasteiger partial charge in [-0.2, -0.15) is 0 Å². The molecule has 0 spiro atoms. The molecule has 1 N–H and O–H groups in total. The van der Waals surface area contributed by atoms with Crippen LogP contribution in [0.4, 0.5) is 0 Å². The second-order valence-corrected chi connectivity index (χ2v) is 7.71. The minimum Gasteiger partial charge on any atom is -0.393 e. The first-order chi connectivity index (χ1) is 8.77. The molecule has 2 unspecified atom stereocenters. The highest BCUT2D eigenvalue weighted by Crippen LogP contribution is 2.37. The van der Waals surface area contributed by atoms with Gasteiger partial charge in [-0.25, -0.2) is 0 Å². The van der Waals surface area contributed by atoms with Crippen molar-refractivity contribution in [2.45, 2.75) is 36.9 Å². The number of hydrogen-bond donors (Lipinski definition) is 1. The summed E-state index contributed by atoms with van der Waals surface area (Å²) in [7, 11) is 0. The molecule has 1 aliphatic heterocycles. The van der Waals surface area contributed by atoms with Crippen LogP contribution in [-0.4, -0.2) is 27.3 Å². The number of thioether (sulfide) groups is 2. The van der Waals surface area contributed by atoms with E-state index >= 15 is 0 Å². The van der Waals surface area contributed by atoms with Crippen molar-refractivity contribution in [1.29, 1.82) is 0 Å². The largest absolute Gasteiger partial charge is 0.393 e. The van der Waals surface area contributed by atoms with Gasteiger partial charge in [0, 0.05) is 5.92 Å². The van der Waals surface area contributed by atoms with Crippen molar-refractivity contribution in [3.63, 3.8) is 0 Å². The number of benzene rings is 1. The fraction of sp³-hybridized carbons (Fsp3) is 0.600. The van der Waals surface area contributed by atoms with E-state index < -0.39 is 0 Å². The quantitative estimate of drug-likeness (QED) is 0.887. The lowest BCUT2D eigenvalue weighted by molar-refractivity contribution is 0.115. The molecule has 1 aromatic carbocycles. The molecule has 2 rings (SSSR count). The van der Waals surface area contributed by atoms with Gasteiger partial charge in [0.2, 0.25) is 0 Å². The fourth-order valence-electron chi connectivity index (χ4n) is 2.21. The topological polar surface area (TPSA) is 20.2 Å². The highest BCUT2D eigenvalue weighted by atomic mass is 32.2. The number of aliphatic hydroxyl groups is 1. The number of aryl methyl sites for hydroxylation is 1. The second kappa shape index (κ2) is 7.46. The van der Waals surface area contributed by atoms with Gasteiger partial charge >= 0.3 is 0 Å². The Bertz CT molecular complexity index is 336. The maximum Gasteiger partial charge on any atom is 0.0587 e. The third kappa shape index (κ3) is 4.22. The third-order valence-electron chi connectivity index (χ3n) is 3.46. The first kappa shape index (κ1) is 14.3. The van der Waals surface area contributed by atoms with Crippen LogP contribution in [0.5, 0.6) is 0 Å². The van der Waals surface area contributed by atoms with Gasteiger partial charge in [0.15, 0.2) is 0 Å². The van der Waals surface area contributed by atoms with Gasteiger partial charge in [-0.15, -0.1) is 23.5 Å². The molecule has 18 heavy (non-hydrogen) atoms. The molecule has 0 bridgehead atoms. The van der Waals surface area contributed by atoms with Crippen LogP contribution in [0.15, 0.2) is 30.3 Å². The average molecular weight is 282 g/mol. The zero-order chi connectivity index (χ0) is 12.8. The monoisotopic (exact) mass is 282 g/mol. The molecule has 1 nitrogen and oxygen atoms in total. The van der Waals surface area contributed by atoms with Crippen molar-refractivity contribution < 1.29 is 5.11 Å². The zero-order valence-electron chi connectivity index (χ0n) is 10.9. The van der Waals surface area contributed by atoms with E-state index in [1.807, 2.05) is 29.6 Å². The number of aliphatic hydroxyl groups excluding tert-OH is 1. The van der Waals surface area contributed by atoms with Gasteiger partial charge in [0.05, 0.1) is 10.7 Å². The van der Waals surface area contributed by atoms with E-state index in [-0.39, 0.29) is 6.10 Å². The molecule has 2 atom stereocenters. The smallest absolute Gasteiger partial charge is 0.0587 e. The maximum absolute atomic E-state index is 10.3. The first-order valence-corrected chi connectivity index (χ1v) is 8.82. The normalized spacial score (nSPS) is 20.6. The van der Waals surface area contributed by atoms with Crippen molar-refractivity contribution >= 4 is 23.5 Å². The van der Waals surface area contributed by atoms with Crippen LogP contribution in [0.3, 0.4) is 0 Å². The summed E-state index contributed by atoms with van der Waals surface area (Å²) in [4.78, 5) is 0. The molecule has 1 saturated heterocycles. The minimum atomic E-state index is -0.173. The Labute approximate surface area is 119 Å². The Morgan fingerprint density at radius 2 is 1.89 bits per heavy atom. The van der Waals surface area contributed by atoms with Gasteiger partial charge in [0.1, 0.15) is 0 Å². The van der Waals surface area contributed by atoms with E-state index in [0.717, 1.165) is 12.8 Å². The van der Waals surface area contributed by atoms with Gasteiger partial charge in [-0.1, -0.05) is 37.3 Å². The molecular formula is C15H22OS2. The summed E-state index contributed by atoms with van der Waals surface area (Å²) in [5, 5.41) is 10.3. The van der Waals surface area contributed by atoms with E-state index in [2.05, 4.69) is 31.2 Å². The molecule has 1 aliphatic rings. The Morgan fingerprint density at radius 3 is 2.56 bits per heavy atom. The van der Waals surface area contributed by atoms with Crippen LogP contribution in [0.2, 0.25) is 0 Å². The zero-order valence-corrected chi connectivity index (χ0v) is 12.6. The molecule has 0 aliphatic carbocycles. The van der Waals surface area contributed by atoms with E-state index in [4.69, 9.17) is 0 Å². The molecule has 0 radical (unpaired) electrons. The number of rotatable bonds is 5. The van der Waals surface area contributed by atoms with E-state index in [1.165, 1.54) is 23.5 Å². The van der Waals surface area contributed by atoms with Crippen LogP contribution >= 0.6 is 23.5 Å². The second-order valence-electron chi connectivity index (χ2n) is 4.91. The van der Waals surface area contributed by atoms with Crippen molar-refractivity contribution in [2.75, 3.05) is 11.5 Å². The van der Waals surface area contributed by atoms with E-state index in [1.54, 1.807) is 0 Å². The summed E-state index contributed by atoms with van der Waals surface area (Å²) < 4.78 is 0.588. The molecule has 3 heteroatoms. The lowest BCUT2D eigenvalue weighted by Gasteiger charge is -2.30. The highest BCUT2D eigenvalue weighted by Gasteiger charge is 2.26. The number of hydrogen-bond acceptors (Lipinski definition) is 3. The SMILES string of the molecule is CC(C(O)CCc1ccccc1)C1SCCCS1. The van der Waals surface area contributed by atoms with Crippen LogP contribution in [0.25, 0.3) is 0 Å². The maximum atomic E-state index is 10.3. The Hall–Kier alpha value is -0.120. The molecular weight excluding hydrogens is 260 g/mol. The fourth-order valence-corrected chi connectivity index (χ4v) is 5.41. The van der Waals surface area contributed by atoms with Gasteiger partial charge in [-0.3, -0.25) is 0 Å². The summed E-state index contributed by atoms with van der Waals surface area (Å²) in [6.07, 6.45) is 3.00. The minimum absolute atomic E-state index is 0.173. The summed E-state index contributed by atoms with van der Waals surface area (Å²) in [6, 6.07) is 10.5. The highest BCUT2D eigenvalue weighted by molar-refractivity contribution is 8.17. The predicted octanol–water partition coefficient (Wildman–Crippen LogP) is 3.81. The molecule has 0 amide bonds. The Morgan fingerprint density at radius 1 is 1.22 bits per heavy atom. The van der Waals surface area contributed by atoms with Crippen LogP contribution in [0.1, 0.15) is 25.3 Å². The van der Waals surface area contributed by atoms with Crippen molar-refractivity contribution in [3.8, 4) is 0 Å². The van der Waals surface area contributed by atoms with Crippen molar-refractivity contribution in [3.05, 3.63) is 35.9 Å². The van der Waals surface area contributed by atoms with Crippen LogP contribution in [-0.2, 0) is 6.42 Å². The molecule has 1 fully saturated rings. The molecule has 0 aromatic heterocycles. The third-order valence-corrected chi connectivity index (χ3v) is 6.84. The summed E-state index contributed by atoms with van der Waals surface area (Å²) in [5.74, 6) is 2.91. The Kier molecular flexibility index (Phi) is 5.93. The molecule has 0 saturated carbocycles. The van der Waals surface area contributed by atoms with Crippen LogP contribution in [0, 0.1) is 5.92 Å². The van der Waals surface area contributed by atoms with Crippen molar-refractivity contribution in [1.82, 2.24) is 0 Å². The molecule has 1 aromatic rings. The average Bonchev–Trinajstić information content (AvgIpc) is 2.46. The molecule has 1 heterocycles. The lowest BCUT2D eigenvalue weighted by atomic mass is 9.99. The predicted molar refractivity (Wildman–Crippen MR) is 83.3 cm³/mol.